The SMILES string of the molecule is NCc1cc(C(F)F)c(Cl)c(Cl)n1. The fourth-order valence-corrected chi connectivity index (χ4v) is 1.23. The molecule has 0 atom stereocenters. The highest BCUT2D eigenvalue weighted by atomic mass is 35.5. The Morgan fingerprint density at radius 2 is 2.08 bits per heavy atom. The molecule has 1 aromatic rings. The summed E-state index contributed by atoms with van der Waals surface area (Å²) in [5.74, 6) is 0. The Morgan fingerprint density at radius 3 is 2.54 bits per heavy atom. The average molecular weight is 227 g/mol. The summed E-state index contributed by atoms with van der Waals surface area (Å²) in [6.07, 6.45) is -2.67. The van der Waals surface area contributed by atoms with Crippen molar-refractivity contribution in [2.75, 3.05) is 0 Å². The maximum Gasteiger partial charge on any atom is 0.265 e. The van der Waals surface area contributed by atoms with Gasteiger partial charge in [-0.1, -0.05) is 23.2 Å². The van der Waals surface area contributed by atoms with E-state index in [1.165, 1.54) is 0 Å². The van der Waals surface area contributed by atoms with E-state index in [2.05, 4.69) is 4.98 Å². The molecule has 0 radical (unpaired) electrons. The van der Waals surface area contributed by atoms with Gasteiger partial charge in [-0.2, -0.15) is 0 Å². The van der Waals surface area contributed by atoms with E-state index in [0.29, 0.717) is 5.69 Å². The van der Waals surface area contributed by atoms with Crippen LogP contribution >= 0.6 is 23.2 Å². The first-order chi connectivity index (χ1) is 6.06. The van der Waals surface area contributed by atoms with E-state index >= 15 is 0 Å². The highest BCUT2D eigenvalue weighted by molar-refractivity contribution is 6.41. The van der Waals surface area contributed by atoms with Crippen LogP contribution in [0.4, 0.5) is 8.78 Å². The largest absolute Gasteiger partial charge is 0.325 e. The minimum Gasteiger partial charge on any atom is -0.325 e. The maximum atomic E-state index is 12.3. The van der Waals surface area contributed by atoms with E-state index in [-0.39, 0.29) is 22.3 Å². The molecule has 0 amide bonds. The molecule has 2 nitrogen and oxygen atoms in total. The molecule has 0 unspecified atom stereocenters. The van der Waals surface area contributed by atoms with Gasteiger partial charge in [0.2, 0.25) is 0 Å². The second-order valence-corrected chi connectivity index (χ2v) is 3.05. The third kappa shape index (κ3) is 2.27. The molecule has 0 aromatic carbocycles. The fraction of sp³-hybridized carbons (Fsp3) is 0.286. The zero-order chi connectivity index (χ0) is 10.0. The van der Waals surface area contributed by atoms with Crippen molar-refractivity contribution in [3.05, 3.63) is 27.5 Å². The fourth-order valence-electron chi connectivity index (χ4n) is 0.833. The molecular weight excluding hydrogens is 221 g/mol. The van der Waals surface area contributed by atoms with E-state index in [1.54, 1.807) is 0 Å². The van der Waals surface area contributed by atoms with Crippen LogP contribution in [0.3, 0.4) is 0 Å². The Balaban J connectivity index is 3.25. The molecule has 2 N–H and O–H groups in total. The number of alkyl halides is 2. The lowest BCUT2D eigenvalue weighted by Crippen LogP contribution is -2.02. The van der Waals surface area contributed by atoms with Gasteiger partial charge in [-0.05, 0) is 6.07 Å². The summed E-state index contributed by atoms with van der Waals surface area (Å²) in [6.45, 7) is 0.0522. The van der Waals surface area contributed by atoms with Gasteiger partial charge in [-0.3, -0.25) is 0 Å². The van der Waals surface area contributed by atoms with Gasteiger partial charge in [0.1, 0.15) is 5.15 Å². The quantitative estimate of drug-likeness (QED) is 0.789. The van der Waals surface area contributed by atoms with Gasteiger partial charge in [0, 0.05) is 12.1 Å². The third-order valence-corrected chi connectivity index (χ3v) is 2.21. The van der Waals surface area contributed by atoms with Crippen molar-refractivity contribution in [2.24, 2.45) is 5.73 Å². The van der Waals surface area contributed by atoms with E-state index in [0.717, 1.165) is 6.07 Å². The topological polar surface area (TPSA) is 38.9 Å². The smallest absolute Gasteiger partial charge is 0.265 e. The predicted molar refractivity (Wildman–Crippen MR) is 47.1 cm³/mol. The molecule has 0 aliphatic heterocycles. The molecule has 0 bridgehead atoms. The molecule has 13 heavy (non-hydrogen) atoms. The first kappa shape index (κ1) is 10.6. The number of hydrogen-bond donors (Lipinski definition) is 1. The Bertz CT molecular complexity index is 318. The van der Waals surface area contributed by atoms with Crippen LogP contribution in [0.25, 0.3) is 0 Å². The molecule has 1 rings (SSSR count). The van der Waals surface area contributed by atoms with E-state index < -0.39 is 6.43 Å². The van der Waals surface area contributed by atoms with Crippen LogP contribution in [0.1, 0.15) is 17.7 Å². The monoisotopic (exact) mass is 226 g/mol. The van der Waals surface area contributed by atoms with Crippen LogP contribution in [-0.4, -0.2) is 4.98 Å². The van der Waals surface area contributed by atoms with Crippen LogP contribution in [0.2, 0.25) is 10.2 Å². The van der Waals surface area contributed by atoms with Gasteiger partial charge >= 0.3 is 0 Å². The van der Waals surface area contributed by atoms with E-state index in [4.69, 9.17) is 28.9 Å². The Hall–Kier alpha value is -0.450. The summed E-state index contributed by atoms with van der Waals surface area (Å²) in [5, 5.41) is -0.353. The molecule has 1 heterocycles. The van der Waals surface area contributed by atoms with Crippen molar-refractivity contribution in [2.45, 2.75) is 13.0 Å². The Labute approximate surface area is 83.7 Å². The number of hydrogen-bond acceptors (Lipinski definition) is 2. The highest BCUT2D eigenvalue weighted by Gasteiger charge is 2.16. The Morgan fingerprint density at radius 1 is 1.46 bits per heavy atom. The van der Waals surface area contributed by atoms with Gasteiger partial charge in [0.05, 0.1) is 10.7 Å². The zero-order valence-electron chi connectivity index (χ0n) is 6.40. The molecule has 0 fully saturated rings. The lowest BCUT2D eigenvalue weighted by atomic mass is 10.2. The zero-order valence-corrected chi connectivity index (χ0v) is 7.91. The van der Waals surface area contributed by atoms with Gasteiger partial charge < -0.3 is 5.73 Å². The number of pyridine rings is 1. The summed E-state index contributed by atoms with van der Waals surface area (Å²) < 4.78 is 24.6. The molecule has 0 saturated heterocycles. The second-order valence-electron chi connectivity index (χ2n) is 2.31. The van der Waals surface area contributed by atoms with E-state index in [9.17, 15) is 8.78 Å². The number of aromatic nitrogens is 1. The van der Waals surface area contributed by atoms with Crippen molar-refractivity contribution >= 4 is 23.2 Å². The van der Waals surface area contributed by atoms with Crippen molar-refractivity contribution in [3.8, 4) is 0 Å². The van der Waals surface area contributed by atoms with Crippen LogP contribution in [0, 0.1) is 0 Å². The van der Waals surface area contributed by atoms with Gasteiger partial charge in [-0.15, -0.1) is 0 Å². The number of nitrogens with two attached hydrogens (primary N) is 1. The molecule has 0 saturated carbocycles. The molecule has 72 valence electrons. The van der Waals surface area contributed by atoms with Gasteiger partial charge in [0.25, 0.3) is 6.43 Å². The van der Waals surface area contributed by atoms with Crippen LogP contribution < -0.4 is 5.73 Å². The predicted octanol–water partition coefficient (Wildman–Crippen LogP) is 2.78. The highest BCUT2D eigenvalue weighted by Crippen LogP contribution is 2.31. The molecule has 6 heteroatoms. The van der Waals surface area contributed by atoms with Crippen molar-refractivity contribution < 1.29 is 8.78 Å². The number of halogens is 4. The lowest BCUT2D eigenvalue weighted by Gasteiger charge is -2.06. The van der Waals surface area contributed by atoms with Crippen molar-refractivity contribution in [3.63, 3.8) is 0 Å². The molecule has 1 aromatic heterocycles. The first-order valence-corrected chi connectivity index (χ1v) is 4.15. The number of rotatable bonds is 2. The summed E-state index contributed by atoms with van der Waals surface area (Å²) in [5.41, 5.74) is 5.19. The van der Waals surface area contributed by atoms with Gasteiger partial charge in [-0.25, -0.2) is 13.8 Å². The normalized spacial score (nSPS) is 10.9. The molecule has 0 spiro atoms. The summed E-state index contributed by atoms with van der Waals surface area (Å²) >= 11 is 11.0. The van der Waals surface area contributed by atoms with Crippen LogP contribution in [0.5, 0.6) is 0 Å². The minimum absolute atomic E-state index is 0.0522. The lowest BCUT2D eigenvalue weighted by molar-refractivity contribution is 0.151. The molecule has 0 aliphatic rings. The Kier molecular flexibility index (Phi) is 3.41. The minimum atomic E-state index is -2.67. The van der Waals surface area contributed by atoms with Gasteiger partial charge in [0.15, 0.2) is 0 Å². The summed E-state index contributed by atoms with van der Waals surface area (Å²) in [6, 6.07) is 1.15. The van der Waals surface area contributed by atoms with Crippen molar-refractivity contribution in [1.82, 2.24) is 4.98 Å². The first-order valence-electron chi connectivity index (χ1n) is 3.39. The standard InChI is InChI=1S/C7H6Cl2F2N2/c8-5-4(7(10)11)1-3(2-12)13-6(5)9/h1,7H,2,12H2. The number of nitrogens with zero attached hydrogens (tertiary/aromatic N) is 1. The van der Waals surface area contributed by atoms with E-state index in [1.807, 2.05) is 0 Å². The van der Waals surface area contributed by atoms with Crippen LogP contribution in [0.15, 0.2) is 6.07 Å². The third-order valence-electron chi connectivity index (χ3n) is 1.44. The summed E-state index contributed by atoms with van der Waals surface area (Å²) in [7, 11) is 0. The molecule has 0 aliphatic carbocycles. The maximum absolute atomic E-state index is 12.3. The van der Waals surface area contributed by atoms with Crippen LogP contribution in [-0.2, 0) is 6.54 Å². The average Bonchev–Trinajstić information content (AvgIpc) is 2.09. The molecular formula is C7H6Cl2F2N2. The summed E-state index contributed by atoms with van der Waals surface area (Å²) in [4.78, 5) is 3.71. The second kappa shape index (κ2) is 4.17. The van der Waals surface area contributed by atoms with Crippen molar-refractivity contribution in [1.29, 1.82) is 0 Å².